The molecule has 0 fully saturated rings. The van der Waals surface area contributed by atoms with Gasteiger partial charge in [0, 0.05) is 25.1 Å². The van der Waals surface area contributed by atoms with Crippen molar-refractivity contribution in [1.29, 1.82) is 0 Å². The lowest BCUT2D eigenvalue weighted by Gasteiger charge is -2.10. The minimum absolute atomic E-state index is 0.0816. The molecule has 0 aliphatic heterocycles. The van der Waals surface area contributed by atoms with Crippen molar-refractivity contribution in [2.75, 3.05) is 26.0 Å². The van der Waals surface area contributed by atoms with Crippen molar-refractivity contribution in [3.05, 3.63) is 65.2 Å². The number of benzene rings is 2. The number of carbonyl (C=O) groups excluding carboxylic acids is 2. The first-order valence-electron chi connectivity index (χ1n) is 8.41. The van der Waals surface area contributed by atoms with Gasteiger partial charge in [-0.25, -0.2) is 0 Å². The second-order valence-electron chi connectivity index (χ2n) is 5.80. The number of hydrogen-bond donors (Lipinski definition) is 2. The summed E-state index contributed by atoms with van der Waals surface area (Å²) in [6.45, 7) is 3.46. The molecule has 0 radical (unpaired) electrons. The van der Waals surface area contributed by atoms with E-state index in [0.717, 1.165) is 10.5 Å². The third kappa shape index (κ3) is 6.54. The molecule has 0 spiro atoms. The van der Waals surface area contributed by atoms with Crippen LogP contribution in [0.15, 0.2) is 53.4 Å². The summed E-state index contributed by atoms with van der Waals surface area (Å²) in [5.41, 5.74) is 2.81. The molecule has 2 amide bonds. The van der Waals surface area contributed by atoms with Crippen molar-refractivity contribution in [3.63, 3.8) is 0 Å². The molecule has 0 unspecified atom stereocenters. The van der Waals surface area contributed by atoms with Crippen LogP contribution in [-0.4, -0.2) is 37.8 Å². The van der Waals surface area contributed by atoms with Gasteiger partial charge in [-0.1, -0.05) is 42.0 Å². The molecule has 2 aromatic carbocycles. The first-order valence-corrected chi connectivity index (χ1v) is 9.40. The second-order valence-corrected chi connectivity index (χ2v) is 6.81. The molecule has 6 heteroatoms. The molecule has 0 aromatic heterocycles. The lowest BCUT2D eigenvalue weighted by molar-refractivity contribution is -0.118. The van der Waals surface area contributed by atoms with Gasteiger partial charge in [-0.15, -0.1) is 11.8 Å². The smallest absolute Gasteiger partial charge is 0.252 e. The first kappa shape index (κ1) is 20.0. The number of amides is 2. The second kappa shape index (κ2) is 10.6. The molecule has 0 saturated carbocycles. The van der Waals surface area contributed by atoms with Crippen LogP contribution in [0.1, 0.15) is 21.5 Å². The average molecular weight is 372 g/mol. The summed E-state index contributed by atoms with van der Waals surface area (Å²) >= 11 is 1.35. The van der Waals surface area contributed by atoms with Crippen LogP contribution in [0.2, 0.25) is 0 Å². The Bertz CT molecular complexity index is 732. The van der Waals surface area contributed by atoms with Gasteiger partial charge in [0.2, 0.25) is 5.91 Å². The van der Waals surface area contributed by atoms with Gasteiger partial charge in [-0.2, -0.15) is 0 Å². The van der Waals surface area contributed by atoms with E-state index in [1.165, 1.54) is 17.3 Å². The largest absolute Gasteiger partial charge is 0.383 e. The van der Waals surface area contributed by atoms with E-state index in [1.807, 2.05) is 49.4 Å². The van der Waals surface area contributed by atoms with E-state index < -0.39 is 0 Å². The number of ether oxygens (including phenoxy) is 1. The summed E-state index contributed by atoms with van der Waals surface area (Å²) in [4.78, 5) is 25.1. The van der Waals surface area contributed by atoms with E-state index in [0.29, 0.717) is 25.3 Å². The number of methoxy groups -OCH3 is 1. The standard InChI is InChI=1S/C20H24N2O3S/c1-15-7-9-16(10-8-15)13-22-20(24)17-5-3-4-6-18(17)26-14-19(23)21-11-12-25-2/h3-10H,11-14H2,1-2H3,(H,21,23)(H,22,24). The highest BCUT2D eigenvalue weighted by molar-refractivity contribution is 8.00. The van der Waals surface area contributed by atoms with Crippen molar-refractivity contribution >= 4 is 23.6 Å². The molecule has 0 heterocycles. The average Bonchev–Trinajstić information content (AvgIpc) is 2.66. The van der Waals surface area contributed by atoms with E-state index in [1.54, 1.807) is 13.2 Å². The van der Waals surface area contributed by atoms with Crippen LogP contribution in [0.25, 0.3) is 0 Å². The zero-order chi connectivity index (χ0) is 18.8. The van der Waals surface area contributed by atoms with Crippen LogP contribution in [0.5, 0.6) is 0 Å². The molecule has 2 N–H and O–H groups in total. The van der Waals surface area contributed by atoms with Crippen molar-refractivity contribution in [2.45, 2.75) is 18.4 Å². The molecule has 0 atom stereocenters. The monoisotopic (exact) mass is 372 g/mol. The topological polar surface area (TPSA) is 67.4 Å². The summed E-state index contributed by atoms with van der Waals surface area (Å²) < 4.78 is 4.90. The maximum absolute atomic E-state index is 12.5. The summed E-state index contributed by atoms with van der Waals surface area (Å²) in [6, 6.07) is 15.4. The zero-order valence-electron chi connectivity index (χ0n) is 15.1. The van der Waals surface area contributed by atoms with E-state index in [9.17, 15) is 9.59 Å². The van der Waals surface area contributed by atoms with E-state index >= 15 is 0 Å². The fourth-order valence-corrected chi connectivity index (χ4v) is 3.13. The van der Waals surface area contributed by atoms with Crippen LogP contribution in [0.4, 0.5) is 0 Å². The molecule has 5 nitrogen and oxygen atoms in total. The normalized spacial score (nSPS) is 10.4. The summed E-state index contributed by atoms with van der Waals surface area (Å²) in [5.74, 6) is 0.0294. The summed E-state index contributed by atoms with van der Waals surface area (Å²) in [7, 11) is 1.59. The molecule has 26 heavy (non-hydrogen) atoms. The summed E-state index contributed by atoms with van der Waals surface area (Å²) in [5, 5.41) is 5.70. The SMILES string of the molecule is COCCNC(=O)CSc1ccccc1C(=O)NCc1ccc(C)cc1. The van der Waals surface area contributed by atoms with Gasteiger partial charge in [0.15, 0.2) is 0 Å². The van der Waals surface area contributed by atoms with Crippen molar-refractivity contribution in [3.8, 4) is 0 Å². The Hall–Kier alpha value is -2.31. The molecule has 0 aliphatic rings. The number of thioether (sulfide) groups is 1. The molecule has 0 aliphatic carbocycles. The van der Waals surface area contributed by atoms with Crippen molar-refractivity contribution in [2.24, 2.45) is 0 Å². The third-order valence-electron chi connectivity index (χ3n) is 3.69. The predicted molar refractivity (Wildman–Crippen MR) is 104 cm³/mol. The van der Waals surface area contributed by atoms with Gasteiger partial charge in [-0.05, 0) is 24.6 Å². The number of nitrogens with one attached hydrogen (secondary N) is 2. The van der Waals surface area contributed by atoms with Crippen LogP contribution in [0, 0.1) is 6.92 Å². The third-order valence-corrected chi connectivity index (χ3v) is 4.77. The van der Waals surface area contributed by atoms with E-state index in [4.69, 9.17) is 4.74 Å². The maximum Gasteiger partial charge on any atom is 0.252 e. The van der Waals surface area contributed by atoms with Crippen molar-refractivity contribution in [1.82, 2.24) is 10.6 Å². The molecule has 0 saturated heterocycles. The Kier molecular flexibility index (Phi) is 8.18. The molecule has 2 aromatic rings. The van der Waals surface area contributed by atoms with Gasteiger partial charge in [0.1, 0.15) is 0 Å². The van der Waals surface area contributed by atoms with E-state index in [2.05, 4.69) is 10.6 Å². The van der Waals surface area contributed by atoms with Crippen LogP contribution in [-0.2, 0) is 16.1 Å². The lowest BCUT2D eigenvalue weighted by Crippen LogP contribution is -2.28. The Morgan fingerprint density at radius 1 is 1.04 bits per heavy atom. The van der Waals surface area contributed by atoms with Crippen molar-refractivity contribution < 1.29 is 14.3 Å². The highest BCUT2D eigenvalue weighted by Gasteiger charge is 2.12. The number of aryl methyl sites for hydroxylation is 1. The molecule has 138 valence electrons. The van der Waals surface area contributed by atoms with Gasteiger partial charge in [0.05, 0.1) is 17.9 Å². The Balaban J connectivity index is 1.91. The molecule has 2 rings (SSSR count). The minimum atomic E-state index is -0.145. The molecule has 0 bridgehead atoms. The number of hydrogen-bond acceptors (Lipinski definition) is 4. The number of carbonyl (C=O) groups is 2. The zero-order valence-corrected chi connectivity index (χ0v) is 15.9. The van der Waals surface area contributed by atoms with Crippen LogP contribution < -0.4 is 10.6 Å². The Morgan fingerprint density at radius 2 is 1.77 bits per heavy atom. The Labute approximate surface area is 158 Å². The first-order chi connectivity index (χ1) is 12.6. The molecular weight excluding hydrogens is 348 g/mol. The maximum atomic E-state index is 12.5. The Morgan fingerprint density at radius 3 is 2.50 bits per heavy atom. The van der Waals surface area contributed by atoms with Gasteiger partial charge >= 0.3 is 0 Å². The fourth-order valence-electron chi connectivity index (χ4n) is 2.25. The highest BCUT2D eigenvalue weighted by atomic mass is 32.2. The molecular formula is C20H24N2O3S. The quantitative estimate of drug-likeness (QED) is 0.525. The van der Waals surface area contributed by atoms with Gasteiger partial charge < -0.3 is 15.4 Å². The van der Waals surface area contributed by atoms with Crippen LogP contribution >= 0.6 is 11.8 Å². The van der Waals surface area contributed by atoms with E-state index in [-0.39, 0.29) is 17.6 Å². The fraction of sp³-hybridized carbons (Fsp3) is 0.300. The lowest BCUT2D eigenvalue weighted by atomic mass is 10.1. The highest BCUT2D eigenvalue weighted by Crippen LogP contribution is 2.22. The minimum Gasteiger partial charge on any atom is -0.383 e. The van der Waals surface area contributed by atoms with Crippen LogP contribution in [0.3, 0.4) is 0 Å². The van der Waals surface area contributed by atoms with Gasteiger partial charge in [-0.3, -0.25) is 9.59 Å². The predicted octanol–water partition coefficient (Wildman–Crippen LogP) is 2.78. The number of rotatable bonds is 9. The van der Waals surface area contributed by atoms with Gasteiger partial charge in [0.25, 0.3) is 5.91 Å². The summed E-state index contributed by atoms with van der Waals surface area (Å²) in [6.07, 6.45) is 0.